The quantitative estimate of drug-likeness (QED) is 0.305. The maximum Gasteiger partial charge on any atom is 0.335 e. The Kier molecular flexibility index (Phi) is 7.62. The van der Waals surface area contributed by atoms with Gasteiger partial charge in [-0.15, -0.1) is 0 Å². The molecule has 1 fully saturated rings. The summed E-state index contributed by atoms with van der Waals surface area (Å²) in [6, 6.07) is 20.8. The van der Waals surface area contributed by atoms with E-state index in [4.69, 9.17) is 9.47 Å². The summed E-state index contributed by atoms with van der Waals surface area (Å²) in [4.78, 5) is 39.0. The van der Waals surface area contributed by atoms with Crippen LogP contribution < -0.4 is 19.7 Å². The number of halogens is 1. The van der Waals surface area contributed by atoms with Crippen LogP contribution >= 0.6 is 15.9 Å². The van der Waals surface area contributed by atoms with Crippen molar-refractivity contribution in [2.24, 2.45) is 0 Å². The Morgan fingerprint density at radius 2 is 1.69 bits per heavy atom. The number of hydrogen-bond acceptors (Lipinski definition) is 5. The molecular formula is C27H23BrN2O5. The minimum atomic E-state index is -0.801. The van der Waals surface area contributed by atoms with Crippen molar-refractivity contribution >= 4 is 45.5 Å². The van der Waals surface area contributed by atoms with Crippen molar-refractivity contribution in [3.8, 4) is 11.5 Å². The highest BCUT2D eigenvalue weighted by Crippen LogP contribution is 2.29. The lowest BCUT2D eigenvalue weighted by molar-refractivity contribution is -0.122. The van der Waals surface area contributed by atoms with Gasteiger partial charge in [-0.25, -0.2) is 9.69 Å². The van der Waals surface area contributed by atoms with Gasteiger partial charge in [0.05, 0.1) is 16.8 Å². The molecule has 1 aliphatic heterocycles. The van der Waals surface area contributed by atoms with Crippen LogP contribution in [0, 0.1) is 0 Å². The standard InChI is InChI=1S/C27H23BrN2O5/c1-2-14-34-21-11-9-20(10-12-21)30-26(32)22(25(31)29-27(30)33)15-19-8-13-24(23(28)16-19)35-17-18-6-4-3-5-7-18/h3-13,15-16H,2,14,17H2,1H3,(H,29,31,33)/b22-15-. The van der Waals surface area contributed by atoms with Crippen LogP contribution in [0.5, 0.6) is 11.5 Å². The van der Waals surface area contributed by atoms with Crippen molar-refractivity contribution < 1.29 is 23.9 Å². The highest BCUT2D eigenvalue weighted by atomic mass is 79.9. The smallest absolute Gasteiger partial charge is 0.335 e. The second-order valence-electron chi connectivity index (χ2n) is 7.76. The zero-order chi connectivity index (χ0) is 24.8. The molecule has 8 heteroatoms. The summed E-state index contributed by atoms with van der Waals surface area (Å²) in [7, 11) is 0. The Morgan fingerprint density at radius 1 is 0.943 bits per heavy atom. The summed E-state index contributed by atoms with van der Waals surface area (Å²) >= 11 is 3.48. The van der Waals surface area contributed by atoms with Gasteiger partial charge in [-0.2, -0.15) is 0 Å². The van der Waals surface area contributed by atoms with Gasteiger partial charge in [0.1, 0.15) is 23.7 Å². The van der Waals surface area contributed by atoms with E-state index in [1.807, 2.05) is 37.3 Å². The molecule has 1 heterocycles. The zero-order valence-corrected chi connectivity index (χ0v) is 20.6. The number of hydrogen-bond donors (Lipinski definition) is 1. The summed E-state index contributed by atoms with van der Waals surface area (Å²) in [5.74, 6) is -0.203. The van der Waals surface area contributed by atoms with Crippen LogP contribution in [-0.2, 0) is 16.2 Å². The first-order valence-corrected chi connectivity index (χ1v) is 11.9. The molecule has 0 saturated carbocycles. The van der Waals surface area contributed by atoms with Gasteiger partial charge in [0, 0.05) is 0 Å². The number of carbonyl (C=O) groups is 3. The molecule has 0 bridgehead atoms. The number of carbonyl (C=O) groups excluding carboxylic acids is 3. The zero-order valence-electron chi connectivity index (χ0n) is 19.0. The molecule has 0 spiro atoms. The third-order valence-corrected chi connectivity index (χ3v) is 5.79. The van der Waals surface area contributed by atoms with E-state index >= 15 is 0 Å². The average Bonchev–Trinajstić information content (AvgIpc) is 2.86. The second kappa shape index (κ2) is 11.0. The number of urea groups is 1. The Balaban J connectivity index is 1.53. The van der Waals surface area contributed by atoms with E-state index in [1.165, 1.54) is 6.08 Å². The number of amides is 4. The number of nitrogens with zero attached hydrogens (tertiary/aromatic N) is 1. The van der Waals surface area contributed by atoms with Crippen molar-refractivity contribution in [2.75, 3.05) is 11.5 Å². The van der Waals surface area contributed by atoms with Crippen LogP contribution in [0.1, 0.15) is 24.5 Å². The summed E-state index contributed by atoms with van der Waals surface area (Å²) < 4.78 is 12.1. The molecule has 0 radical (unpaired) electrons. The van der Waals surface area contributed by atoms with Gasteiger partial charge in [-0.3, -0.25) is 14.9 Å². The SMILES string of the molecule is CCCOc1ccc(N2C(=O)NC(=O)/C(=C/c3ccc(OCc4ccccc4)c(Br)c3)C2=O)cc1. The van der Waals surface area contributed by atoms with Gasteiger partial charge < -0.3 is 9.47 Å². The Hall–Kier alpha value is -3.91. The number of benzene rings is 3. The molecule has 1 saturated heterocycles. The van der Waals surface area contributed by atoms with Crippen molar-refractivity contribution in [1.82, 2.24) is 5.32 Å². The highest BCUT2D eigenvalue weighted by molar-refractivity contribution is 9.10. The number of barbiturate groups is 1. The van der Waals surface area contributed by atoms with Crippen molar-refractivity contribution in [2.45, 2.75) is 20.0 Å². The van der Waals surface area contributed by atoms with Gasteiger partial charge in [-0.05, 0) is 76.0 Å². The number of imide groups is 2. The predicted molar refractivity (Wildman–Crippen MR) is 136 cm³/mol. The maximum absolute atomic E-state index is 13.1. The summed E-state index contributed by atoms with van der Waals surface area (Å²) in [6.07, 6.45) is 2.31. The number of nitrogens with one attached hydrogen (secondary N) is 1. The molecule has 1 aliphatic rings. The van der Waals surface area contributed by atoms with Crippen molar-refractivity contribution in [1.29, 1.82) is 0 Å². The van der Waals surface area contributed by atoms with Crippen LogP contribution in [-0.4, -0.2) is 24.5 Å². The van der Waals surface area contributed by atoms with Gasteiger partial charge in [0.15, 0.2) is 0 Å². The van der Waals surface area contributed by atoms with Crippen LogP contribution in [0.4, 0.5) is 10.5 Å². The Morgan fingerprint density at radius 3 is 2.37 bits per heavy atom. The molecule has 0 aliphatic carbocycles. The first kappa shape index (κ1) is 24.2. The van der Waals surface area contributed by atoms with Crippen LogP contribution in [0.25, 0.3) is 6.08 Å². The fraction of sp³-hybridized carbons (Fsp3) is 0.148. The maximum atomic E-state index is 13.1. The van der Waals surface area contributed by atoms with E-state index in [2.05, 4.69) is 21.2 Å². The molecule has 178 valence electrons. The number of anilines is 1. The Bertz CT molecular complexity index is 1270. The van der Waals surface area contributed by atoms with Crippen molar-refractivity contribution in [3.05, 3.63) is 94.0 Å². The normalized spacial score (nSPS) is 14.7. The monoisotopic (exact) mass is 534 g/mol. The van der Waals surface area contributed by atoms with Crippen LogP contribution in [0.2, 0.25) is 0 Å². The molecule has 4 rings (SSSR count). The average molecular weight is 535 g/mol. The molecular weight excluding hydrogens is 512 g/mol. The van der Waals surface area contributed by atoms with E-state index in [0.717, 1.165) is 16.9 Å². The fourth-order valence-corrected chi connectivity index (χ4v) is 3.94. The topological polar surface area (TPSA) is 84.9 Å². The lowest BCUT2D eigenvalue weighted by Crippen LogP contribution is -2.54. The Labute approximate surface area is 211 Å². The minimum Gasteiger partial charge on any atom is -0.494 e. The first-order valence-electron chi connectivity index (χ1n) is 11.1. The molecule has 0 atom stereocenters. The minimum absolute atomic E-state index is 0.152. The van der Waals surface area contributed by atoms with Crippen LogP contribution in [0.15, 0.2) is 82.8 Å². The van der Waals surface area contributed by atoms with E-state index in [1.54, 1.807) is 42.5 Å². The summed E-state index contributed by atoms with van der Waals surface area (Å²) in [6.45, 7) is 2.97. The molecule has 0 unspecified atom stereocenters. The first-order chi connectivity index (χ1) is 17.0. The molecule has 4 amide bonds. The van der Waals surface area contributed by atoms with E-state index in [9.17, 15) is 14.4 Å². The molecule has 0 aromatic heterocycles. The third-order valence-electron chi connectivity index (χ3n) is 5.17. The third kappa shape index (κ3) is 5.78. The van der Waals surface area contributed by atoms with Gasteiger partial charge in [0.25, 0.3) is 11.8 Å². The molecule has 1 N–H and O–H groups in total. The van der Waals surface area contributed by atoms with Crippen molar-refractivity contribution in [3.63, 3.8) is 0 Å². The van der Waals surface area contributed by atoms with Crippen LogP contribution in [0.3, 0.4) is 0 Å². The van der Waals surface area contributed by atoms with E-state index in [0.29, 0.717) is 40.4 Å². The largest absolute Gasteiger partial charge is 0.494 e. The number of rotatable bonds is 8. The van der Waals surface area contributed by atoms with E-state index in [-0.39, 0.29) is 5.57 Å². The van der Waals surface area contributed by atoms with Gasteiger partial charge >= 0.3 is 6.03 Å². The molecule has 35 heavy (non-hydrogen) atoms. The summed E-state index contributed by atoms with van der Waals surface area (Å²) in [5, 5.41) is 2.23. The second-order valence-corrected chi connectivity index (χ2v) is 8.62. The predicted octanol–water partition coefficient (Wildman–Crippen LogP) is 5.48. The summed E-state index contributed by atoms with van der Waals surface area (Å²) in [5.41, 5.74) is 1.81. The van der Waals surface area contributed by atoms with Gasteiger partial charge in [0.2, 0.25) is 0 Å². The van der Waals surface area contributed by atoms with E-state index < -0.39 is 17.8 Å². The molecule has 3 aromatic carbocycles. The molecule has 7 nitrogen and oxygen atoms in total. The highest BCUT2D eigenvalue weighted by Gasteiger charge is 2.36. The van der Waals surface area contributed by atoms with Gasteiger partial charge in [-0.1, -0.05) is 43.3 Å². The number of ether oxygens (including phenoxy) is 2. The lowest BCUT2D eigenvalue weighted by atomic mass is 10.1. The lowest BCUT2D eigenvalue weighted by Gasteiger charge is -2.26. The fourth-order valence-electron chi connectivity index (χ4n) is 3.43. The molecule has 3 aromatic rings.